The molecule has 41 heavy (non-hydrogen) atoms. The summed E-state index contributed by atoms with van der Waals surface area (Å²) in [5, 5.41) is 14.6. The van der Waals surface area contributed by atoms with E-state index in [1.54, 1.807) is 63.2 Å². The van der Waals surface area contributed by atoms with Gasteiger partial charge in [-0.15, -0.1) is 0 Å². The summed E-state index contributed by atoms with van der Waals surface area (Å²) >= 11 is 0. The van der Waals surface area contributed by atoms with Crippen molar-refractivity contribution in [2.24, 2.45) is 16.2 Å². The average molecular weight is 556 g/mol. The van der Waals surface area contributed by atoms with Crippen molar-refractivity contribution in [3.8, 4) is 0 Å². The number of rotatable bonds is 3. The van der Waals surface area contributed by atoms with Gasteiger partial charge in [0.1, 0.15) is 16.9 Å². The first kappa shape index (κ1) is 25.7. The van der Waals surface area contributed by atoms with Crippen LogP contribution in [-0.4, -0.2) is 53.0 Å². The zero-order valence-electron chi connectivity index (χ0n) is 22.8. The van der Waals surface area contributed by atoms with Crippen molar-refractivity contribution in [3.63, 3.8) is 0 Å². The Morgan fingerprint density at radius 3 is 2.34 bits per heavy atom. The topological polar surface area (TPSA) is 119 Å². The van der Waals surface area contributed by atoms with E-state index in [9.17, 15) is 24.3 Å². The maximum atomic E-state index is 14.6. The Kier molecular flexibility index (Phi) is 5.12. The van der Waals surface area contributed by atoms with E-state index >= 15 is 0 Å². The molecule has 1 aliphatic carbocycles. The molecule has 1 saturated carbocycles. The molecule has 0 aromatic heterocycles. The highest BCUT2D eigenvalue weighted by atomic mass is 16.6. The van der Waals surface area contributed by atoms with Crippen LogP contribution in [-0.2, 0) is 28.6 Å². The second-order valence-electron chi connectivity index (χ2n) is 12.5. The molecule has 3 aromatic carbocycles. The van der Waals surface area contributed by atoms with Crippen molar-refractivity contribution in [1.29, 1.82) is 0 Å². The number of amides is 1. The molecule has 3 saturated heterocycles. The largest absolute Gasteiger partial charge is 0.461 e. The van der Waals surface area contributed by atoms with Crippen LogP contribution in [0.4, 0.5) is 5.69 Å². The number of hydrogen-bond acceptors (Lipinski definition) is 8. The predicted octanol–water partition coefficient (Wildman–Crippen LogP) is 3.76. The Morgan fingerprint density at radius 2 is 1.63 bits per heavy atom. The Balaban J connectivity index is 1.49. The van der Waals surface area contributed by atoms with Gasteiger partial charge in [0, 0.05) is 12.1 Å². The van der Waals surface area contributed by atoms with E-state index in [4.69, 9.17) is 14.2 Å². The maximum Gasteiger partial charge on any atom is 0.338 e. The van der Waals surface area contributed by atoms with Gasteiger partial charge in [0.15, 0.2) is 12.3 Å². The SMILES string of the molecule is CC(C)(C)[C@]1(O)C[C@@H]2OC(=O)C[C@@]23C(=O)O[C@@H]2N(c4ccc5ccccc5c4)C(=O)[C@H](OC(=O)c4ccccc4)C213. The van der Waals surface area contributed by atoms with Crippen LogP contribution in [0.2, 0.25) is 0 Å². The minimum atomic E-state index is -1.85. The van der Waals surface area contributed by atoms with Crippen LogP contribution in [0.5, 0.6) is 0 Å². The molecule has 4 aliphatic rings. The highest BCUT2D eigenvalue weighted by Crippen LogP contribution is 2.76. The van der Waals surface area contributed by atoms with Gasteiger partial charge in [-0.1, -0.05) is 69.3 Å². The standard InChI is InChI=1S/C32H29NO8/c1-29(2,3)31(38)16-22-30(17-23(34)39-22)28(37)41-27-32(30,31)24(40-26(36)19-10-5-4-6-11-19)25(35)33(27)21-14-13-18-9-7-8-12-20(18)15-21/h4-15,22,24,27,38H,16-17H2,1-3H3/t22-,24-,27-,30-,31+,32?/m0/s1. The molecule has 1 N–H and O–H groups in total. The highest BCUT2D eigenvalue weighted by Gasteiger charge is 2.93. The molecular weight excluding hydrogens is 526 g/mol. The lowest BCUT2D eigenvalue weighted by Crippen LogP contribution is -2.66. The van der Waals surface area contributed by atoms with Crippen LogP contribution < -0.4 is 4.90 Å². The van der Waals surface area contributed by atoms with E-state index in [2.05, 4.69) is 0 Å². The summed E-state index contributed by atoms with van der Waals surface area (Å²) in [6, 6.07) is 21.2. The molecule has 9 heteroatoms. The fourth-order valence-electron chi connectivity index (χ4n) is 7.86. The molecule has 3 heterocycles. The molecule has 3 aliphatic heterocycles. The molecule has 2 spiro atoms. The lowest BCUT2D eigenvalue weighted by molar-refractivity contribution is -0.204. The Labute approximate surface area is 236 Å². The van der Waals surface area contributed by atoms with E-state index in [0.29, 0.717) is 5.69 Å². The molecule has 3 aromatic rings. The van der Waals surface area contributed by atoms with Crippen LogP contribution in [0.15, 0.2) is 72.8 Å². The van der Waals surface area contributed by atoms with Gasteiger partial charge in [0.05, 0.1) is 17.6 Å². The number of aliphatic hydroxyl groups is 1. The summed E-state index contributed by atoms with van der Waals surface area (Å²) in [6.45, 7) is 5.37. The van der Waals surface area contributed by atoms with E-state index in [1.807, 2.05) is 30.3 Å². The number of benzene rings is 3. The zero-order valence-corrected chi connectivity index (χ0v) is 22.8. The minimum Gasteiger partial charge on any atom is -0.461 e. The minimum absolute atomic E-state index is 0.119. The summed E-state index contributed by atoms with van der Waals surface area (Å²) in [6.07, 6.45) is -4.59. The van der Waals surface area contributed by atoms with Crippen molar-refractivity contribution in [1.82, 2.24) is 0 Å². The molecule has 1 amide bonds. The van der Waals surface area contributed by atoms with Gasteiger partial charge in [-0.25, -0.2) is 4.79 Å². The number of esters is 3. The first-order chi connectivity index (χ1) is 19.5. The molecule has 210 valence electrons. The van der Waals surface area contributed by atoms with Crippen LogP contribution in [0, 0.1) is 16.2 Å². The van der Waals surface area contributed by atoms with E-state index in [0.717, 1.165) is 10.8 Å². The monoisotopic (exact) mass is 555 g/mol. The molecule has 1 unspecified atom stereocenters. The van der Waals surface area contributed by atoms with Crippen molar-refractivity contribution >= 4 is 40.3 Å². The number of anilines is 1. The summed E-state index contributed by atoms with van der Waals surface area (Å²) in [5.41, 5.74) is -5.76. The number of carbonyl (C=O) groups excluding carboxylic acids is 4. The van der Waals surface area contributed by atoms with Crippen LogP contribution in [0.25, 0.3) is 10.8 Å². The van der Waals surface area contributed by atoms with E-state index < -0.39 is 70.5 Å². The second kappa shape index (κ2) is 8.16. The van der Waals surface area contributed by atoms with E-state index in [1.165, 1.54) is 4.90 Å². The van der Waals surface area contributed by atoms with Gasteiger partial charge in [0.2, 0.25) is 0 Å². The summed E-state index contributed by atoms with van der Waals surface area (Å²) in [7, 11) is 0. The summed E-state index contributed by atoms with van der Waals surface area (Å²) < 4.78 is 17.7. The lowest BCUT2D eigenvalue weighted by atomic mass is 9.52. The quantitative estimate of drug-likeness (QED) is 0.383. The average Bonchev–Trinajstić information content (AvgIpc) is 3.55. The first-order valence-corrected chi connectivity index (χ1v) is 13.7. The van der Waals surface area contributed by atoms with Crippen molar-refractivity contribution < 1.29 is 38.5 Å². The number of fused-ring (bicyclic) bond motifs is 1. The predicted molar refractivity (Wildman–Crippen MR) is 145 cm³/mol. The molecule has 0 bridgehead atoms. The third-order valence-electron chi connectivity index (χ3n) is 9.72. The van der Waals surface area contributed by atoms with Gasteiger partial charge in [-0.05, 0) is 40.5 Å². The molecule has 6 atom stereocenters. The second-order valence-corrected chi connectivity index (χ2v) is 12.5. The van der Waals surface area contributed by atoms with Gasteiger partial charge in [-0.3, -0.25) is 19.3 Å². The lowest BCUT2D eigenvalue weighted by Gasteiger charge is -2.51. The number of ether oxygens (including phenoxy) is 3. The smallest absolute Gasteiger partial charge is 0.338 e. The van der Waals surface area contributed by atoms with Crippen LogP contribution in [0.3, 0.4) is 0 Å². The zero-order chi connectivity index (χ0) is 28.9. The van der Waals surface area contributed by atoms with E-state index in [-0.39, 0.29) is 12.0 Å². The van der Waals surface area contributed by atoms with Crippen molar-refractivity contribution in [2.45, 2.75) is 57.6 Å². The van der Waals surface area contributed by atoms with Gasteiger partial charge < -0.3 is 19.3 Å². The molecule has 4 fully saturated rings. The summed E-state index contributed by atoms with van der Waals surface area (Å²) in [5.74, 6) is -2.83. The molecule has 7 rings (SSSR count). The molecule has 0 radical (unpaired) electrons. The van der Waals surface area contributed by atoms with Crippen molar-refractivity contribution in [2.75, 3.05) is 4.90 Å². The molecule has 9 nitrogen and oxygen atoms in total. The fourth-order valence-corrected chi connectivity index (χ4v) is 7.86. The Morgan fingerprint density at radius 1 is 0.951 bits per heavy atom. The third kappa shape index (κ3) is 2.99. The highest BCUT2D eigenvalue weighted by molar-refractivity contribution is 6.08. The number of nitrogens with zero attached hydrogens (tertiary/aromatic N) is 1. The maximum absolute atomic E-state index is 14.6. The third-order valence-corrected chi connectivity index (χ3v) is 9.72. The normalized spacial score (nSPS) is 33.8. The Bertz CT molecular complexity index is 1650. The Hall–Kier alpha value is -4.24. The van der Waals surface area contributed by atoms with Crippen LogP contribution >= 0.6 is 0 Å². The van der Waals surface area contributed by atoms with Gasteiger partial charge in [0.25, 0.3) is 5.91 Å². The van der Waals surface area contributed by atoms with Crippen molar-refractivity contribution in [3.05, 3.63) is 78.4 Å². The summed E-state index contributed by atoms with van der Waals surface area (Å²) in [4.78, 5) is 56.2. The molecular formula is C32H29NO8. The van der Waals surface area contributed by atoms with Crippen LogP contribution in [0.1, 0.15) is 44.0 Å². The van der Waals surface area contributed by atoms with Gasteiger partial charge >= 0.3 is 17.9 Å². The number of hydrogen-bond donors (Lipinski definition) is 1. The fraction of sp³-hybridized carbons (Fsp3) is 0.375. The van der Waals surface area contributed by atoms with Gasteiger partial charge in [-0.2, -0.15) is 0 Å². The number of carbonyl (C=O) groups is 4. The first-order valence-electron chi connectivity index (χ1n) is 13.7.